The lowest BCUT2D eigenvalue weighted by atomic mass is 10.1. The number of amides is 2. The highest BCUT2D eigenvalue weighted by atomic mass is 32.1. The van der Waals surface area contributed by atoms with Gasteiger partial charge in [-0.15, -0.1) is 0 Å². The van der Waals surface area contributed by atoms with Crippen molar-refractivity contribution in [3.8, 4) is 11.5 Å². The molecule has 0 fully saturated rings. The minimum absolute atomic E-state index is 0.0318. The molecule has 2 amide bonds. The highest BCUT2D eigenvalue weighted by Crippen LogP contribution is 2.17. The van der Waals surface area contributed by atoms with Crippen LogP contribution in [0.5, 0.6) is 11.5 Å². The largest absolute Gasteiger partial charge is 0.494 e. The molecule has 0 aliphatic carbocycles. The smallest absolute Gasteiger partial charge is 0.279 e. The summed E-state index contributed by atoms with van der Waals surface area (Å²) in [6.45, 7) is 8.02. The van der Waals surface area contributed by atoms with Crippen LogP contribution in [0, 0.1) is 13.8 Å². The summed E-state index contributed by atoms with van der Waals surface area (Å²) in [5.74, 6) is 0.442. The molecule has 0 saturated heterocycles. The van der Waals surface area contributed by atoms with Gasteiger partial charge in [-0.05, 0) is 87.4 Å². The maximum Gasteiger partial charge on any atom is 0.279 e. The van der Waals surface area contributed by atoms with Gasteiger partial charge in [-0.2, -0.15) is 0 Å². The van der Waals surface area contributed by atoms with E-state index in [0.717, 1.165) is 11.1 Å². The molecule has 0 spiro atoms. The number of benzene rings is 2. The van der Waals surface area contributed by atoms with Gasteiger partial charge < -0.3 is 9.47 Å². The molecule has 3 N–H and O–H groups in total. The van der Waals surface area contributed by atoms with E-state index in [4.69, 9.17) is 21.7 Å². The van der Waals surface area contributed by atoms with Gasteiger partial charge in [0.1, 0.15) is 11.5 Å². The Morgan fingerprint density at radius 2 is 1.66 bits per heavy atom. The van der Waals surface area contributed by atoms with Crippen LogP contribution in [-0.2, 0) is 4.79 Å². The van der Waals surface area contributed by atoms with Crippen molar-refractivity contribution >= 4 is 29.1 Å². The van der Waals surface area contributed by atoms with E-state index in [-0.39, 0.29) is 5.11 Å². The summed E-state index contributed by atoms with van der Waals surface area (Å²) in [5.41, 5.74) is 7.55. The van der Waals surface area contributed by atoms with Crippen molar-refractivity contribution in [2.75, 3.05) is 6.61 Å². The van der Waals surface area contributed by atoms with Crippen molar-refractivity contribution in [1.29, 1.82) is 0 Å². The van der Waals surface area contributed by atoms with Crippen LogP contribution in [0.4, 0.5) is 0 Å². The Labute approximate surface area is 175 Å². The maximum absolute atomic E-state index is 12.2. The first-order valence-corrected chi connectivity index (χ1v) is 9.59. The van der Waals surface area contributed by atoms with Gasteiger partial charge in [0, 0.05) is 5.56 Å². The molecule has 8 heteroatoms. The predicted molar refractivity (Wildman–Crippen MR) is 115 cm³/mol. The van der Waals surface area contributed by atoms with Gasteiger partial charge in [-0.25, -0.2) is 0 Å². The topological polar surface area (TPSA) is 88.7 Å². The Morgan fingerprint density at radius 3 is 2.28 bits per heavy atom. The summed E-state index contributed by atoms with van der Waals surface area (Å²) in [6, 6.07) is 12.3. The van der Waals surface area contributed by atoms with Crippen LogP contribution in [0.25, 0.3) is 0 Å². The zero-order chi connectivity index (χ0) is 21.4. The van der Waals surface area contributed by atoms with E-state index in [2.05, 4.69) is 16.2 Å². The number of carbonyl (C=O) groups is 2. The van der Waals surface area contributed by atoms with Crippen molar-refractivity contribution < 1.29 is 19.1 Å². The van der Waals surface area contributed by atoms with Crippen molar-refractivity contribution in [3.05, 3.63) is 59.2 Å². The van der Waals surface area contributed by atoms with Gasteiger partial charge in [-0.1, -0.05) is 6.07 Å². The van der Waals surface area contributed by atoms with Crippen LogP contribution in [-0.4, -0.2) is 29.6 Å². The third-order valence-electron chi connectivity index (χ3n) is 4.11. The molecule has 0 aliphatic heterocycles. The molecule has 0 bridgehead atoms. The summed E-state index contributed by atoms with van der Waals surface area (Å²) in [4.78, 5) is 24.4. The van der Waals surface area contributed by atoms with Crippen molar-refractivity contribution in [3.63, 3.8) is 0 Å². The number of carbonyl (C=O) groups excluding carboxylic acids is 2. The monoisotopic (exact) mass is 415 g/mol. The zero-order valence-electron chi connectivity index (χ0n) is 16.9. The molecule has 0 heterocycles. The van der Waals surface area contributed by atoms with Crippen LogP contribution >= 0.6 is 12.2 Å². The molecule has 2 aromatic carbocycles. The lowest BCUT2D eigenvalue weighted by molar-refractivity contribution is -0.127. The number of thiocarbonyl (C=S) groups is 1. The number of rotatable bonds is 6. The molecule has 1 unspecified atom stereocenters. The summed E-state index contributed by atoms with van der Waals surface area (Å²) >= 11 is 5.04. The van der Waals surface area contributed by atoms with Gasteiger partial charge in [0.05, 0.1) is 6.61 Å². The highest BCUT2D eigenvalue weighted by Gasteiger charge is 2.16. The van der Waals surface area contributed by atoms with Crippen molar-refractivity contribution in [2.45, 2.75) is 33.8 Å². The van der Waals surface area contributed by atoms with Gasteiger partial charge in [0.15, 0.2) is 11.2 Å². The first-order valence-electron chi connectivity index (χ1n) is 9.18. The Balaban J connectivity index is 1.80. The van der Waals surface area contributed by atoms with Gasteiger partial charge in [-0.3, -0.25) is 25.8 Å². The second kappa shape index (κ2) is 10.4. The van der Waals surface area contributed by atoms with E-state index >= 15 is 0 Å². The Morgan fingerprint density at radius 1 is 1.00 bits per heavy atom. The quantitative estimate of drug-likeness (QED) is 0.497. The molecular weight excluding hydrogens is 390 g/mol. The summed E-state index contributed by atoms with van der Waals surface area (Å²) < 4.78 is 11.0. The van der Waals surface area contributed by atoms with Crippen LogP contribution in [0.15, 0.2) is 42.5 Å². The van der Waals surface area contributed by atoms with E-state index in [1.165, 1.54) is 0 Å². The molecule has 154 valence electrons. The molecule has 29 heavy (non-hydrogen) atoms. The second-order valence-corrected chi connectivity index (χ2v) is 6.77. The first kappa shape index (κ1) is 22.2. The maximum atomic E-state index is 12.2. The second-order valence-electron chi connectivity index (χ2n) is 6.36. The normalized spacial score (nSPS) is 11.2. The average molecular weight is 416 g/mol. The molecule has 2 aromatic rings. The number of hydrogen-bond acceptors (Lipinski definition) is 5. The van der Waals surface area contributed by atoms with Gasteiger partial charge >= 0.3 is 0 Å². The van der Waals surface area contributed by atoms with E-state index in [9.17, 15) is 9.59 Å². The fourth-order valence-corrected chi connectivity index (χ4v) is 2.48. The first-order chi connectivity index (χ1) is 13.8. The van der Waals surface area contributed by atoms with Crippen LogP contribution in [0.1, 0.15) is 35.3 Å². The molecule has 0 saturated carbocycles. The fourth-order valence-electron chi connectivity index (χ4n) is 2.34. The number of hydrogen-bond donors (Lipinski definition) is 3. The Kier molecular flexibility index (Phi) is 7.97. The number of ether oxygens (including phenoxy) is 2. The van der Waals surface area contributed by atoms with Crippen LogP contribution in [0.2, 0.25) is 0 Å². The molecule has 0 radical (unpaired) electrons. The highest BCUT2D eigenvalue weighted by molar-refractivity contribution is 7.80. The van der Waals surface area contributed by atoms with Crippen molar-refractivity contribution in [1.82, 2.24) is 16.2 Å². The van der Waals surface area contributed by atoms with Crippen LogP contribution < -0.4 is 25.6 Å². The standard InChI is InChI=1S/C21H25N3O4S/c1-5-27-17-10-7-16(8-11-17)20(26)22-21(29)24-23-19(25)15(4)28-18-9-6-13(2)14(3)12-18/h6-12,15H,5H2,1-4H3,(H,23,25)(H2,22,24,26,29). The van der Waals surface area contributed by atoms with Crippen LogP contribution in [0.3, 0.4) is 0 Å². The Hall–Kier alpha value is -3.13. The summed E-state index contributed by atoms with van der Waals surface area (Å²) in [6.07, 6.45) is -0.755. The molecule has 0 aromatic heterocycles. The lowest BCUT2D eigenvalue weighted by Crippen LogP contribution is -2.51. The lowest BCUT2D eigenvalue weighted by Gasteiger charge is -2.17. The molecule has 7 nitrogen and oxygen atoms in total. The average Bonchev–Trinajstić information content (AvgIpc) is 2.69. The zero-order valence-corrected chi connectivity index (χ0v) is 17.7. The predicted octanol–water partition coefficient (Wildman–Crippen LogP) is 2.81. The SMILES string of the molecule is CCOc1ccc(C(=O)NC(=S)NNC(=O)C(C)Oc2ccc(C)c(C)c2)cc1. The molecule has 0 aliphatic rings. The van der Waals surface area contributed by atoms with E-state index in [1.807, 2.05) is 32.9 Å². The minimum atomic E-state index is -0.755. The summed E-state index contributed by atoms with van der Waals surface area (Å²) in [5, 5.41) is 2.46. The molecule has 1 atom stereocenters. The van der Waals surface area contributed by atoms with E-state index in [1.54, 1.807) is 37.3 Å². The summed E-state index contributed by atoms with van der Waals surface area (Å²) in [7, 11) is 0. The minimum Gasteiger partial charge on any atom is -0.494 e. The molecular formula is C21H25N3O4S. The molecule has 2 rings (SSSR count). The fraction of sp³-hybridized carbons (Fsp3) is 0.286. The third-order valence-corrected chi connectivity index (χ3v) is 4.32. The Bertz CT molecular complexity index is 884. The third kappa shape index (κ3) is 6.76. The number of aryl methyl sites for hydroxylation is 2. The van der Waals surface area contributed by atoms with Gasteiger partial charge in [0.2, 0.25) is 0 Å². The number of hydrazine groups is 1. The number of nitrogens with one attached hydrogen (secondary N) is 3. The van der Waals surface area contributed by atoms with E-state index in [0.29, 0.717) is 23.7 Å². The van der Waals surface area contributed by atoms with E-state index < -0.39 is 17.9 Å². The van der Waals surface area contributed by atoms with Gasteiger partial charge in [0.25, 0.3) is 11.8 Å². The van der Waals surface area contributed by atoms with Crippen molar-refractivity contribution in [2.24, 2.45) is 0 Å².